The zero-order valence-electron chi connectivity index (χ0n) is 24.1. The molecule has 0 unspecified atom stereocenters. The van der Waals surface area contributed by atoms with Gasteiger partial charge in [0.15, 0.2) is 0 Å². The Hall–Kier alpha value is -3.92. The van der Waals surface area contributed by atoms with Crippen molar-refractivity contribution >= 4 is 46.5 Å². The highest BCUT2D eigenvalue weighted by Gasteiger charge is 2.18. The molecule has 2 aliphatic heterocycles. The number of urea groups is 1. The molecule has 5 rings (SSSR count). The average molecular weight is 621 g/mol. The van der Waals surface area contributed by atoms with Crippen LogP contribution in [0.15, 0.2) is 77.8 Å². The van der Waals surface area contributed by atoms with E-state index >= 15 is 0 Å². The van der Waals surface area contributed by atoms with Crippen molar-refractivity contribution in [1.29, 1.82) is 0 Å². The van der Waals surface area contributed by atoms with Gasteiger partial charge in [-0.25, -0.2) is 4.79 Å². The van der Waals surface area contributed by atoms with Crippen molar-refractivity contribution in [3.8, 4) is 11.1 Å². The molecule has 3 N–H and O–H groups in total. The van der Waals surface area contributed by atoms with Crippen molar-refractivity contribution in [2.24, 2.45) is 5.10 Å². The smallest absolute Gasteiger partial charge is 0.323 e. The molecule has 0 bridgehead atoms. The third-order valence-electron chi connectivity index (χ3n) is 7.40. The van der Waals surface area contributed by atoms with Gasteiger partial charge in [-0.2, -0.15) is 5.10 Å². The monoisotopic (exact) mass is 619 g/mol. The van der Waals surface area contributed by atoms with Gasteiger partial charge in [0.05, 0.1) is 34.4 Å². The van der Waals surface area contributed by atoms with E-state index in [9.17, 15) is 9.59 Å². The number of nitrogens with zero attached hydrogens (tertiary/aromatic N) is 4. The van der Waals surface area contributed by atoms with Crippen LogP contribution in [0.25, 0.3) is 11.1 Å². The maximum atomic E-state index is 12.8. The normalized spacial score (nSPS) is 15.1. The van der Waals surface area contributed by atoms with Crippen molar-refractivity contribution < 1.29 is 9.59 Å². The number of carbonyl (C=O) groups excluding carboxylic acids is 2. The lowest BCUT2D eigenvalue weighted by Crippen LogP contribution is -2.36. The lowest BCUT2D eigenvalue weighted by atomic mass is 9.98. The highest BCUT2D eigenvalue weighted by Crippen LogP contribution is 2.28. The molecule has 3 amide bonds. The first kappa shape index (κ1) is 30.5. The number of likely N-dealkylation sites (tertiary alicyclic amines) is 1. The van der Waals surface area contributed by atoms with Gasteiger partial charge in [-0.3, -0.25) is 14.8 Å². The van der Waals surface area contributed by atoms with E-state index in [1.807, 2.05) is 60.5 Å². The number of hydrogen-bond acceptors (Lipinski definition) is 6. The number of aromatic nitrogens is 1. The summed E-state index contributed by atoms with van der Waals surface area (Å²) in [5, 5.41) is 15.8. The van der Waals surface area contributed by atoms with Gasteiger partial charge >= 0.3 is 6.03 Å². The van der Waals surface area contributed by atoms with Crippen molar-refractivity contribution in [3.05, 3.63) is 93.9 Å². The third-order valence-corrected chi connectivity index (χ3v) is 7.98. The van der Waals surface area contributed by atoms with Gasteiger partial charge in [0.2, 0.25) is 5.91 Å². The lowest BCUT2D eigenvalue weighted by molar-refractivity contribution is -0.120. The first-order chi connectivity index (χ1) is 20.9. The van der Waals surface area contributed by atoms with Crippen LogP contribution in [0.4, 0.5) is 10.5 Å². The topological polar surface area (TPSA) is 102 Å². The molecule has 0 radical (unpaired) electrons. The van der Waals surface area contributed by atoms with Crippen molar-refractivity contribution in [3.63, 3.8) is 0 Å². The number of anilines is 1. The van der Waals surface area contributed by atoms with Crippen molar-refractivity contribution in [1.82, 2.24) is 25.5 Å². The van der Waals surface area contributed by atoms with Crippen LogP contribution in [0.5, 0.6) is 0 Å². The maximum absolute atomic E-state index is 12.8. The molecule has 43 heavy (non-hydrogen) atoms. The predicted molar refractivity (Wildman–Crippen MR) is 173 cm³/mol. The Morgan fingerprint density at radius 3 is 2.37 bits per heavy atom. The summed E-state index contributed by atoms with van der Waals surface area (Å²) in [6, 6.07) is 15.7. The number of hydrazone groups is 1. The summed E-state index contributed by atoms with van der Waals surface area (Å²) in [4.78, 5) is 31.5. The Balaban J connectivity index is 1.23. The van der Waals surface area contributed by atoms with Gasteiger partial charge in [0.25, 0.3) is 0 Å². The Morgan fingerprint density at radius 1 is 0.930 bits per heavy atom. The van der Waals surface area contributed by atoms with E-state index in [0.717, 1.165) is 47.6 Å². The molecule has 2 aromatic carbocycles. The molecular formula is C32H35Cl2N7O2. The molecule has 3 aromatic rings. The largest absolute Gasteiger partial charge is 0.355 e. The number of benzene rings is 2. The van der Waals surface area contributed by atoms with Gasteiger partial charge in [0, 0.05) is 43.3 Å². The number of carbonyl (C=O) groups is 2. The number of hydrogen-bond donors (Lipinski definition) is 3. The SMILES string of the molecule is CCN1CC(NC(=O)Nc2c(Cl)cncc2Cl)=CC(c2cccc(-c3ccc(CC(=O)NCCN4CCCC4)cc3)c2)=N1. The average Bonchev–Trinajstić information content (AvgIpc) is 3.53. The molecule has 0 aliphatic carbocycles. The van der Waals surface area contributed by atoms with Crippen LogP contribution in [0.1, 0.15) is 30.9 Å². The van der Waals surface area contributed by atoms with Crippen LogP contribution in [-0.4, -0.2) is 71.8 Å². The van der Waals surface area contributed by atoms with Gasteiger partial charge < -0.3 is 20.9 Å². The van der Waals surface area contributed by atoms with Crippen LogP contribution in [0.2, 0.25) is 10.0 Å². The molecule has 0 spiro atoms. The molecule has 1 saturated heterocycles. The van der Waals surface area contributed by atoms with Gasteiger partial charge in [-0.1, -0.05) is 65.7 Å². The highest BCUT2D eigenvalue weighted by atomic mass is 35.5. The van der Waals surface area contributed by atoms with Crippen LogP contribution in [0, 0.1) is 0 Å². The number of pyridine rings is 1. The molecule has 2 aliphatic rings. The standard InChI is InChI=1S/C32H35Cl2N7O2/c1-2-41-21-26(37-32(43)38-31-27(33)19-35-20-28(31)34)18-29(39-41)25-7-5-6-24(17-25)23-10-8-22(9-11-23)16-30(42)36-12-15-40-13-3-4-14-40/h5-11,17-20H,2-4,12-16,21H2,1H3,(H,36,42)(H2,35,37,38,43). The molecule has 9 nitrogen and oxygen atoms in total. The lowest BCUT2D eigenvalue weighted by Gasteiger charge is -2.25. The Kier molecular flexibility index (Phi) is 10.3. The van der Waals surface area contributed by atoms with Crippen LogP contribution in [-0.2, 0) is 11.2 Å². The Labute approximate surface area is 262 Å². The number of rotatable bonds is 10. The van der Waals surface area contributed by atoms with Gasteiger partial charge in [-0.05, 0) is 61.7 Å². The van der Waals surface area contributed by atoms with E-state index in [2.05, 4.69) is 31.9 Å². The Bertz CT molecular complexity index is 1500. The zero-order chi connectivity index (χ0) is 30.2. The fourth-order valence-electron chi connectivity index (χ4n) is 5.13. The summed E-state index contributed by atoms with van der Waals surface area (Å²) in [5.41, 5.74) is 5.66. The second-order valence-electron chi connectivity index (χ2n) is 10.5. The second kappa shape index (κ2) is 14.5. The maximum Gasteiger partial charge on any atom is 0.323 e. The van der Waals surface area contributed by atoms with Crippen LogP contribution in [0.3, 0.4) is 0 Å². The van der Waals surface area contributed by atoms with E-state index in [0.29, 0.717) is 37.4 Å². The van der Waals surface area contributed by atoms with E-state index < -0.39 is 6.03 Å². The molecule has 1 fully saturated rings. The number of halogens is 2. The number of likely N-dealkylation sites (N-methyl/N-ethyl adjacent to an activating group) is 1. The van der Waals surface area contributed by atoms with Gasteiger partial charge in [-0.15, -0.1) is 0 Å². The minimum absolute atomic E-state index is 0.0431. The molecule has 1 aromatic heterocycles. The van der Waals surface area contributed by atoms with Crippen molar-refractivity contribution in [2.45, 2.75) is 26.2 Å². The molecule has 0 saturated carbocycles. The van der Waals surface area contributed by atoms with Crippen LogP contribution >= 0.6 is 23.2 Å². The van der Waals surface area contributed by atoms with Crippen molar-refractivity contribution in [2.75, 3.05) is 44.6 Å². The second-order valence-corrected chi connectivity index (χ2v) is 11.4. The summed E-state index contributed by atoms with van der Waals surface area (Å²) in [7, 11) is 0. The summed E-state index contributed by atoms with van der Waals surface area (Å²) in [6.07, 6.45) is 7.57. The van der Waals surface area contributed by atoms with E-state index in [1.54, 1.807) is 0 Å². The zero-order valence-corrected chi connectivity index (χ0v) is 25.6. The molecule has 224 valence electrons. The number of allylic oxidation sites excluding steroid dienone is 1. The Morgan fingerprint density at radius 2 is 1.65 bits per heavy atom. The predicted octanol–water partition coefficient (Wildman–Crippen LogP) is 5.56. The summed E-state index contributed by atoms with van der Waals surface area (Å²) in [6.45, 7) is 6.98. The molecular weight excluding hydrogens is 585 g/mol. The van der Waals surface area contributed by atoms with E-state index in [4.69, 9.17) is 28.3 Å². The first-order valence-corrected chi connectivity index (χ1v) is 15.2. The first-order valence-electron chi connectivity index (χ1n) is 14.5. The van der Waals surface area contributed by atoms with E-state index in [1.165, 1.54) is 25.2 Å². The molecule has 11 heteroatoms. The highest BCUT2D eigenvalue weighted by molar-refractivity contribution is 6.39. The fraction of sp³-hybridized carbons (Fsp3) is 0.312. The molecule has 3 heterocycles. The third kappa shape index (κ3) is 8.34. The summed E-state index contributed by atoms with van der Waals surface area (Å²) >= 11 is 12.3. The summed E-state index contributed by atoms with van der Waals surface area (Å²) < 4.78 is 0. The number of amides is 3. The quantitative estimate of drug-likeness (QED) is 0.276. The fourth-order valence-corrected chi connectivity index (χ4v) is 5.58. The summed E-state index contributed by atoms with van der Waals surface area (Å²) in [5.74, 6) is 0.0431. The van der Waals surface area contributed by atoms with E-state index in [-0.39, 0.29) is 16.0 Å². The minimum atomic E-state index is -0.465. The van der Waals surface area contributed by atoms with Crippen LogP contribution < -0.4 is 16.0 Å². The minimum Gasteiger partial charge on any atom is -0.355 e. The van der Waals surface area contributed by atoms with Gasteiger partial charge in [0.1, 0.15) is 0 Å². The molecule has 0 atom stereocenters. The number of nitrogens with one attached hydrogen (secondary N) is 3.